The van der Waals surface area contributed by atoms with Crippen LogP contribution in [-0.2, 0) is 29.0 Å². The Hall–Kier alpha value is -4.82. The van der Waals surface area contributed by atoms with Crippen LogP contribution in [0.5, 0.6) is 11.5 Å². The van der Waals surface area contributed by atoms with E-state index in [1.165, 1.54) is 0 Å². The molecule has 8 nitrogen and oxygen atoms in total. The number of hydrogen-bond donors (Lipinski definition) is 3. The summed E-state index contributed by atoms with van der Waals surface area (Å²) in [5, 5.41) is 21.8. The lowest BCUT2D eigenvalue weighted by atomic mass is 9.97. The van der Waals surface area contributed by atoms with Gasteiger partial charge in [0.15, 0.2) is 0 Å². The van der Waals surface area contributed by atoms with E-state index in [1.807, 2.05) is 84.9 Å². The average molecular weight is 672 g/mol. The van der Waals surface area contributed by atoms with Gasteiger partial charge in [-0.15, -0.1) is 0 Å². The van der Waals surface area contributed by atoms with Crippen LogP contribution in [0.2, 0.25) is 5.02 Å². The third-order valence-corrected chi connectivity index (χ3v) is 8.11. The van der Waals surface area contributed by atoms with Gasteiger partial charge in [0.25, 0.3) is 5.91 Å². The van der Waals surface area contributed by atoms with Gasteiger partial charge in [-0.1, -0.05) is 79.0 Å². The minimum Gasteiger partial charge on any atom is -0.494 e. The zero-order valence-electron chi connectivity index (χ0n) is 27.0. The van der Waals surface area contributed by atoms with Crippen molar-refractivity contribution in [2.75, 3.05) is 13.2 Å². The summed E-state index contributed by atoms with van der Waals surface area (Å²) in [5.74, 6) is -0.684. The second-order valence-corrected chi connectivity index (χ2v) is 12.0. The highest BCUT2D eigenvalue weighted by molar-refractivity contribution is 6.30. The molecule has 0 aliphatic rings. The molecule has 0 unspecified atom stereocenters. The van der Waals surface area contributed by atoms with E-state index >= 15 is 0 Å². The first-order valence-corrected chi connectivity index (χ1v) is 16.7. The average Bonchev–Trinajstić information content (AvgIpc) is 3.08. The van der Waals surface area contributed by atoms with Crippen LogP contribution in [0.1, 0.15) is 72.0 Å². The fraction of sp³-hybridized carbons (Fsp3) is 0.308. The summed E-state index contributed by atoms with van der Waals surface area (Å²) in [7, 11) is 0. The van der Waals surface area contributed by atoms with E-state index < -0.39 is 11.9 Å². The van der Waals surface area contributed by atoms with Crippen molar-refractivity contribution in [3.63, 3.8) is 0 Å². The molecule has 4 aromatic carbocycles. The third-order valence-electron chi connectivity index (χ3n) is 7.86. The van der Waals surface area contributed by atoms with Crippen molar-refractivity contribution >= 4 is 29.4 Å². The van der Waals surface area contributed by atoms with Crippen molar-refractivity contribution in [1.82, 2.24) is 5.32 Å². The molecule has 0 saturated carbocycles. The number of carbonyl (C=O) groups excluding carboxylic acids is 1. The molecule has 0 saturated heterocycles. The predicted molar refractivity (Wildman–Crippen MR) is 187 cm³/mol. The predicted octanol–water partition coefficient (Wildman–Crippen LogP) is 8.38. The number of amides is 1. The number of aliphatic carboxylic acids is 2. The Bertz CT molecular complexity index is 1640. The van der Waals surface area contributed by atoms with Gasteiger partial charge in [0.1, 0.15) is 11.5 Å². The highest BCUT2D eigenvalue weighted by Crippen LogP contribution is 2.29. The Morgan fingerprint density at radius 1 is 0.667 bits per heavy atom. The number of unbranched alkanes of at least 4 members (excludes halogenated alkanes) is 3. The minimum atomic E-state index is -0.875. The first kappa shape index (κ1) is 36.0. The van der Waals surface area contributed by atoms with E-state index in [2.05, 4.69) is 5.32 Å². The van der Waals surface area contributed by atoms with Gasteiger partial charge in [0.2, 0.25) is 0 Å². The third kappa shape index (κ3) is 12.1. The van der Waals surface area contributed by atoms with Gasteiger partial charge in [-0.25, -0.2) is 0 Å². The number of benzene rings is 4. The van der Waals surface area contributed by atoms with Crippen LogP contribution >= 0.6 is 11.6 Å². The second-order valence-electron chi connectivity index (χ2n) is 11.6. The van der Waals surface area contributed by atoms with Gasteiger partial charge in [-0.2, -0.15) is 0 Å². The molecule has 0 bridgehead atoms. The summed E-state index contributed by atoms with van der Waals surface area (Å²) in [4.78, 5) is 35.3. The standard InChI is InChI=1S/C39H42ClNO7/c40-33-18-16-29(17-19-33)31-24-32(39(46)41-27-28-10-4-3-5-11-28)26-34(25-31)47-22-7-2-1-6-12-30-13-8-14-36(35(30)20-21-38(44)45)48-23-9-15-37(42)43/h3-5,8,10-11,13-14,16-19,24-26H,1-2,6-7,9,12,15,20-23,27H2,(H,41,46)(H,42,43)(H,44,45). The number of rotatable bonds is 20. The maximum Gasteiger partial charge on any atom is 0.303 e. The zero-order chi connectivity index (χ0) is 34.1. The number of carbonyl (C=O) groups is 3. The Balaban J connectivity index is 1.31. The summed E-state index contributed by atoms with van der Waals surface area (Å²) >= 11 is 6.11. The van der Waals surface area contributed by atoms with Crippen molar-refractivity contribution in [3.8, 4) is 22.6 Å². The zero-order valence-corrected chi connectivity index (χ0v) is 27.7. The Morgan fingerprint density at radius 2 is 1.40 bits per heavy atom. The van der Waals surface area contributed by atoms with E-state index in [0.717, 1.165) is 59.9 Å². The Labute approximate surface area is 286 Å². The molecule has 0 aromatic heterocycles. The molecule has 0 aliphatic carbocycles. The molecule has 1 amide bonds. The number of carboxylic acids is 2. The van der Waals surface area contributed by atoms with Gasteiger partial charge in [-0.05, 0) is 96.3 Å². The molecule has 0 aliphatic heterocycles. The number of hydrogen-bond acceptors (Lipinski definition) is 5. The van der Waals surface area contributed by atoms with Crippen LogP contribution < -0.4 is 14.8 Å². The first-order chi connectivity index (χ1) is 23.3. The fourth-order valence-corrected chi connectivity index (χ4v) is 5.49. The summed E-state index contributed by atoms with van der Waals surface area (Å²) in [6.45, 7) is 1.18. The van der Waals surface area contributed by atoms with Crippen LogP contribution in [0, 0.1) is 0 Å². The molecule has 0 atom stereocenters. The first-order valence-electron chi connectivity index (χ1n) is 16.3. The molecule has 0 spiro atoms. The minimum absolute atomic E-state index is 0.00451. The maximum atomic E-state index is 13.1. The number of ether oxygens (including phenoxy) is 2. The van der Waals surface area contributed by atoms with Crippen LogP contribution in [0.15, 0.2) is 91.0 Å². The van der Waals surface area contributed by atoms with E-state index in [-0.39, 0.29) is 25.4 Å². The van der Waals surface area contributed by atoms with E-state index in [1.54, 1.807) is 6.07 Å². The smallest absolute Gasteiger partial charge is 0.303 e. The summed E-state index contributed by atoms with van der Waals surface area (Å²) in [6.07, 6.45) is 5.19. The molecule has 48 heavy (non-hydrogen) atoms. The Morgan fingerprint density at radius 3 is 2.15 bits per heavy atom. The summed E-state index contributed by atoms with van der Waals surface area (Å²) in [6, 6.07) is 28.5. The van der Waals surface area contributed by atoms with Crippen LogP contribution in [-0.4, -0.2) is 41.3 Å². The molecule has 4 rings (SSSR count). The fourth-order valence-electron chi connectivity index (χ4n) is 5.37. The topological polar surface area (TPSA) is 122 Å². The molecule has 4 aromatic rings. The quantitative estimate of drug-likeness (QED) is 0.0807. The normalized spacial score (nSPS) is 10.8. The van der Waals surface area contributed by atoms with Gasteiger partial charge in [0.05, 0.1) is 13.2 Å². The van der Waals surface area contributed by atoms with Crippen LogP contribution in [0.3, 0.4) is 0 Å². The van der Waals surface area contributed by atoms with E-state index in [9.17, 15) is 19.5 Å². The highest BCUT2D eigenvalue weighted by Gasteiger charge is 2.13. The van der Waals surface area contributed by atoms with Crippen LogP contribution in [0.4, 0.5) is 0 Å². The molecular weight excluding hydrogens is 630 g/mol. The van der Waals surface area contributed by atoms with E-state index in [0.29, 0.717) is 48.1 Å². The monoisotopic (exact) mass is 671 g/mol. The molecular formula is C39H42ClNO7. The van der Waals surface area contributed by atoms with Gasteiger partial charge < -0.3 is 25.0 Å². The maximum absolute atomic E-state index is 13.1. The lowest BCUT2D eigenvalue weighted by molar-refractivity contribution is -0.138. The number of aryl methyl sites for hydroxylation is 1. The molecule has 0 heterocycles. The second kappa shape index (κ2) is 19.1. The number of nitrogens with one attached hydrogen (secondary N) is 1. The summed E-state index contributed by atoms with van der Waals surface area (Å²) in [5.41, 5.74) is 5.25. The van der Waals surface area contributed by atoms with E-state index in [4.69, 9.17) is 26.2 Å². The molecule has 3 N–H and O–H groups in total. The molecule has 9 heteroatoms. The molecule has 0 fully saturated rings. The van der Waals surface area contributed by atoms with Crippen molar-refractivity contribution in [2.45, 2.75) is 64.3 Å². The molecule has 0 radical (unpaired) electrons. The van der Waals surface area contributed by atoms with Crippen molar-refractivity contribution in [3.05, 3.63) is 118 Å². The number of carboxylic acid groups (broad SMARTS) is 2. The molecule has 252 valence electrons. The highest BCUT2D eigenvalue weighted by atomic mass is 35.5. The van der Waals surface area contributed by atoms with Gasteiger partial charge >= 0.3 is 11.9 Å². The largest absolute Gasteiger partial charge is 0.494 e. The van der Waals surface area contributed by atoms with Crippen molar-refractivity contribution < 1.29 is 34.1 Å². The van der Waals surface area contributed by atoms with Gasteiger partial charge in [-0.3, -0.25) is 14.4 Å². The van der Waals surface area contributed by atoms with Crippen molar-refractivity contribution in [1.29, 1.82) is 0 Å². The van der Waals surface area contributed by atoms with Crippen molar-refractivity contribution in [2.24, 2.45) is 0 Å². The lowest BCUT2D eigenvalue weighted by Crippen LogP contribution is -2.22. The van der Waals surface area contributed by atoms with Crippen LogP contribution in [0.25, 0.3) is 11.1 Å². The number of halogens is 1. The lowest BCUT2D eigenvalue weighted by Gasteiger charge is -2.15. The SMILES string of the molecule is O=C(O)CCCOc1cccc(CCCCCCOc2cc(C(=O)NCc3ccccc3)cc(-c3ccc(Cl)cc3)c2)c1CCC(=O)O. The Kier molecular flexibility index (Phi) is 14.3. The van der Waals surface area contributed by atoms with Gasteiger partial charge in [0, 0.05) is 30.0 Å². The summed E-state index contributed by atoms with van der Waals surface area (Å²) < 4.78 is 12.0.